The van der Waals surface area contributed by atoms with E-state index in [1.165, 1.54) is 29.5 Å². The van der Waals surface area contributed by atoms with Gasteiger partial charge in [0.15, 0.2) is 0 Å². The maximum atomic E-state index is 12.5. The van der Waals surface area contributed by atoms with E-state index in [4.69, 9.17) is 5.11 Å². The third-order valence-electron chi connectivity index (χ3n) is 4.19. The Hall–Kier alpha value is -1.04. The monoisotopic (exact) mass is 313 g/mol. The number of amides is 2. The Bertz CT molecular complexity index is 418. The highest BCUT2D eigenvalue weighted by molar-refractivity contribution is 8.01. The summed E-state index contributed by atoms with van der Waals surface area (Å²) in [5.41, 5.74) is 0. The molecule has 2 rings (SSSR count). The molecule has 2 atom stereocenters. The van der Waals surface area contributed by atoms with E-state index in [1.807, 2.05) is 0 Å². The van der Waals surface area contributed by atoms with Gasteiger partial charge in [-0.25, -0.2) is 0 Å². The fraction of sp³-hybridized carbons (Fsp3) is 0.800. The third kappa shape index (κ3) is 4.22. The number of carbonyl (C=O) groups excluding carboxylic acids is 2. The average Bonchev–Trinajstić information content (AvgIpc) is 2.59. The van der Waals surface area contributed by atoms with Crippen LogP contribution in [0.1, 0.15) is 58.3 Å². The molecule has 1 saturated carbocycles. The first-order chi connectivity index (χ1) is 9.99. The second kappa shape index (κ2) is 7.29. The minimum atomic E-state index is -0.868. The molecule has 0 radical (unpaired) electrons. The molecule has 6 heteroatoms. The minimum Gasteiger partial charge on any atom is -0.481 e. The van der Waals surface area contributed by atoms with Gasteiger partial charge in [-0.2, -0.15) is 0 Å². The number of thioether (sulfide) groups is 1. The average molecular weight is 313 g/mol. The van der Waals surface area contributed by atoms with Gasteiger partial charge in [0.1, 0.15) is 0 Å². The Balaban J connectivity index is 1.97. The van der Waals surface area contributed by atoms with Crippen molar-refractivity contribution in [3.8, 4) is 0 Å². The topological polar surface area (TPSA) is 74.7 Å². The predicted molar refractivity (Wildman–Crippen MR) is 81.1 cm³/mol. The molecule has 2 amide bonds. The Labute approximate surface area is 129 Å². The molecule has 21 heavy (non-hydrogen) atoms. The van der Waals surface area contributed by atoms with Crippen LogP contribution in [0.15, 0.2) is 0 Å². The molecule has 118 valence electrons. The van der Waals surface area contributed by atoms with Crippen molar-refractivity contribution in [2.24, 2.45) is 0 Å². The highest BCUT2D eigenvalue weighted by Gasteiger charge is 2.43. The maximum absolute atomic E-state index is 12.5. The Kier molecular flexibility index (Phi) is 5.67. The highest BCUT2D eigenvalue weighted by Crippen LogP contribution is 2.33. The number of carboxylic acid groups (broad SMARTS) is 1. The van der Waals surface area contributed by atoms with E-state index < -0.39 is 11.2 Å². The van der Waals surface area contributed by atoms with Crippen molar-refractivity contribution in [2.45, 2.75) is 74.8 Å². The maximum Gasteiger partial charge on any atom is 0.304 e. The molecule has 0 aromatic carbocycles. The van der Waals surface area contributed by atoms with Gasteiger partial charge in [0.05, 0.1) is 11.7 Å². The summed E-state index contributed by atoms with van der Waals surface area (Å²) in [6.07, 6.45) is 6.60. The van der Waals surface area contributed by atoms with Gasteiger partial charge in [0, 0.05) is 17.7 Å². The van der Waals surface area contributed by atoms with Gasteiger partial charge < -0.3 is 5.11 Å². The van der Waals surface area contributed by atoms with Crippen LogP contribution in [0.3, 0.4) is 0 Å². The first-order valence-electron chi connectivity index (χ1n) is 7.72. The molecular formula is C15H23NO4S. The quantitative estimate of drug-likeness (QED) is 0.623. The summed E-state index contributed by atoms with van der Waals surface area (Å²) in [4.78, 5) is 36.9. The zero-order chi connectivity index (χ0) is 15.4. The summed E-state index contributed by atoms with van der Waals surface area (Å²) in [6, 6.07) is 0.0629. The minimum absolute atomic E-state index is 0.0199. The predicted octanol–water partition coefficient (Wildman–Crippen LogP) is 2.43. The summed E-state index contributed by atoms with van der Waals surface area (Å²) in [5.74, 6) is -1.05. The lowest BCUT2D eigenvalue weighted by Gasteiger charge is -2.25. The van der Waals surface area contributed by atoms with Gasteiger partial charge in [-0.3, -0.25) is 19.3 Å². The second-order valence-corrected chi connectivity index (χ2v) is 7.63. The first kappa shape index (κ1) is 16.3. The molecule has 1 heterocycles. The van der Waals surface area contributed by atoms with Gasteiger partial charge in [-0.05, 0) is 12.8 Å². The number of imide groups is 1. The third-order valence-corrected chi connectivity index (χ3v) is 5.52. The molecule has 0 aromatic heterocycles. The van der Waals surface area contributed by atoms with E-state index in [2.05, 4.69) is 0 Å². The van der Waals surface area contributed by atoms with E-state index >= 15 is 0 Å². The van der Waals surface area contributed by atoms with Crippen molar-refractivity contribution in [2.75, 3.05) is 0 Å². The molecule has 1 N–H and O–H groups in total. The number of aliphatic carboxylic acids is 1. The van der Waals surface area contributed by atoms with Crippen LogP contribution >= 0.6 is 11.8 Å². The number of rotatable bonds is 5. The molecule has 2 aliphatic rings. The molecule has 0 bridgehead atoms. The van der Waals surface area contributed by atoms with E-state index in [0.29, 0.717) is 0 Å². The van der Waals surface area contributed by atoms with Crippen LogP contribution in [-0.2, 0) is 14.4 Å². The fourth-order valence-electron chi connectivity index (χ4n) is 3.20. The Morgan fingerprint density at radius 2 is 1.90 bits per heavy atom. The van der Waals surface area contributed by atoms with Crippen LogP contribution < -0.4 is 0 Å². The number of hydrogen-bond donors (Lipinski definition) is 1. The normalized spacial score (nSPS) is 26.0. The number of hydrogen-bond acceptors (Lipinski definition) is 4. The molecule has 0 aromatic rings. The van der Waals surface area contributed by atoms with Gasteiger partial charge >= 0.3 is 5.97 Å². The van der Waals surface area contributed by atoms with Crippen molar-refractivity contribution in [1.82, 2.24) is 4.90 Å². The summed E-state index contributed by atoms with van der Waals surface area (Å²) < 4.78 is 0. The molecule has 1 aliphatic carbocycles. The van der Waals surface area contributed by atoms with Gasteiger partial charge in [0.2, 0.25) is 11.8 Å². The van der Waals surface area contributed by atoms with Gasteiger partial charge in [-0.1, -0.05) is 32.6 Å². The lowest BCUT2D eigenvalue weighted by Crippen LogP contribution is -2.40. The standard InChI is InChI=1S/C15H23NO4S/c1-10(8-14(18)19)21-12-9-13(17)16(15(12)20)11-6-4-2-3-5-7-11/h10-12H,2-9H2,1H3,(H,18,19). The molecule has 0 spiro atoms. The molecule has 1 saturated heterocycles. The zero-order valence-electron chi connectivity index (χ0n) is 12.4. The van der Waals surface area contributed by atoms with Gasteiger partial charge in [0.25, 0.3) is 0 Å². The fourth-order valence-corrected chi connectivity index (χ4v) is 4.47. The van der Waals surface area contributed by atoms with Gasteiger partial charge in [-0.15, -0.1) is 11.8 Å². The van der Waals surface area contributed by atoms with E-state index in [9.17, 15) is 14.4 Å². The van der Waals surface area contributed by atoms with E-state index in [1.54, 1.807) is 6.92 Å². The van der Waals surface area contributed by atoms with Crippen molar-refractivity contribution >= 4 is 29.5 Å². The van der Waals surface area contributed by atoms with E-state index in [0.717, 1.165) is 25.7 Å². The van der Waals surface area contributed by atoms with Crippen LogP contribution in [0.2, 0.25) is 0 Å². The summed E-state index contributed by atoms with van der Waals surface area (Å²) in [6.45, 7) is 1.80. The lowest BCUT2D eigenvalue weighted by molar-refractivity contribution is -0.141. The van der Waals surface area contributed by atoms with Crippen LogP contribution in [0.5, 0.6) is 0 Å². The van der Waals surface area contributed by atoms with Crippen LogP contribution in [0.25, 0.3) is 0 Å². The largest absolute Gasteiger partial charge is 0.481 e. The Morgan fingerprint density at radius 1 is 1.29 bits per heavy atom. The smallest absolute Gasteiger partial charge is 0.304 e. The number of likely N-dealkylation sites (tertiary alicyclic amines) is 1. The SMILES string of the molecule is CC(CC(=O)O)SC1CC(=O)N(C2CCCCCC2)C1=O. The number of nitrogens with zero attached hydrogens (tertiary/aromatic N) is 1. The van der Waals surface area contributed by atoms with Crippen molar-refractivity contribution in [3.63, 3.8) is 0 Å². The summed E-state index contributed by atoms with van der Waals surface area (Å²) in [7, 11) is 0. The molecule has 1 aliphatic heterocycles. The number of carbonyl (C=O) groups is 3. The Morgan fingerprint density at radius 3 is 2.48 bits per heavy atom. The van der Waals surface area contributed by atoms with Crippen molar-refractivity contribution < 1.29 is 19.5 Å². The van der Waals surface area contributed by atoms with Crippen LogP contribution in [-0.4, -0.2) is 44.3 Å². The van der Waals surface area contributed by atoms with Crippen molar-refractivity contribution in [1.29, 1.82) is 0 Å². The lowest BCUT2D eigenvalue weighted by atomic mass is 10.1. The van der Waals surface area contributed by atoms with Crippen LogP contribution in [0, 0.1) is 0 Å². The van der Waals surface area contributed by atoms with E-state index in [-0.39, 0.29) is 35.9 Å². The molecule has 2 unspecified atom stereocenters. The molecule has 5 nitrogen and oxygen atoms in total. The summed E-state index contributed by atoms with van der Waals surface area (Å²) >= 11 is 1.33. The second-order valence-electron chi connectivity index (χ2n) is 5.98. The summed E-state index contributed by atoms with van der Waals surface area (Å²) in [5, 5.41) is 8.24. The first-order valence-corrected chi connectivity index (χ1v) is 8.66. The number of carboxylic acids is 1. The molecule has 2 fully saturated rings. The zero-order valence-corrected chi connectivity index (χ0v) is 13.2. The highest BCUT2D eigenvalue weighted by atomic mass is 32.2. The molecular weight excluding hydrogens is 290 g/mol. The van der Waals surface area contributed by atoms with Crippen LogP contribution in [0.4, 0.5) is 0 Å². The van der Waals surface area contributed by atoms with Crippen molar-refractivity contribution in [3.05, 3.63) is 0 Å².